The molecule has 0 aliphatic heterocycles. The Kier molecular flexibility index (Phi) is 37.0. The number of carboxylic acid groups (broad SMARTS) is 2. The molecule has 0 fully saturated rings. The second-order valence-corrected chi connectivity index (χ2v) is 25.0. The second-order valence-electron chi connectivity index (χ2n) is 25.0. The number of fused-ring (bicyclic) bond motifs is 2. The molecule has 0 aliphatic carbocycles. The number of rotatable bonds is 46. The summed E-state index contributed by atoms with van der Waals surface area (Å²) >= 11 is 0. The lowest BCUT2D eigenvalue weighted by atomic mass is 10.0. The van der Waals surface area contributed by atoms with Crippen molar-refractivity contribution in [1.29, 1.82) is 10.8 Å². The Morgan fingerprint density at radius 2 is 0.728 bits per heavy atom. The van der Waals surface area contributed by atoms with Gasteiger partial charge in [0.05, 0.1) is 24.3 Å². The van der Waals surface area contributed by atoms with E-state index < -0.39 is 36.0 Å². The zero-order valence-electron chi connectivity index (χ0n) is 59.4. The average molecular weight is 1420 g/mol. The Hall–Kier alpha value is -10.7. The van der Waals surface area contributed by atoms with Gasteiger partial charge in [0.15, 0.2) is 0 Å². The van der Waals surface area contributed by atoms with Crippen molar-refractivity contribution in [2.75, 3.05) is 66.6 Å². The minimum Gasteiger partial charge on any atom is -0.494 e. The lowest BCUT2D eigenvalue weighted by Crippen LogP contribution is -2.43. The summed E-state index contributed by atoms with van der Waals surface area (Å²) in [5.74, 6) is -2.60. The molecule has 6 rings (SSSR count). The number of unbranched alkanes of at least 4 members (excludes halogenated alkanes) is 4. The zero-order valence-corrected chi connectivity index (χ0v) is 59.4. The van der Waals surface area contributed by atoms with Gasteiger partial charge in [-0.15, -0.1) is 0 Å². The van der Waals surface area contributed by atoms with Crippen LogP contribution in [0.2, 0.25) is 0 Å². The number of hydrogen-bond donors (Lipinski definition) is 14. The Balaban J connectivity index is 0.000000372. The van der Waals surface area contributed by atoms with Gasteiger partial charge >= 0.3 is 29.9 Å². The molecule has 0 spiro atoms. The van der Waals surface area contributed by atoms with Crippen molar-refractivity contribution < 1.29 is 72.3 Å². The Labute approximate surface area is 601 Å². The van der Waals surface area contributed by atoms with E-state index in [2.05, 4.69) is 42.5 Å². The van der Waals surface area contributed by atoms with Crippen LogP contribution in [0.1, 0.15) is 155 Å². The number of ether oxygens (including phenoxy) is 4. The van der Waals surface area contributed by atoms with Crippen LogP contribution in [0.25, 0.3) is 21.5 Å². The third kappa shape index (κ3) is 31.8. The smallest absolute Gasteiger partial charge is 0.343 e. The van der Waals surface area contributed by atoms with E-state index in [9.17, 15) is 53.4 Å². The predicted octanol–water partition coefficient (Wildman–Crippen LogP) is 8.46. The lowest BCUT2D eigenvalue weighted by molar-refractivity contribution is -0.143. The molecule has 4 atom stereocenters. The molecule has 6 amide bonds. The number of carboxylic acids is 2. The van der Waals surface area contributed by atoms with Crippen LogP contribution in [0.5, 0.6) is 23.0 Å². The van der Waals surface area contributed by atoms with E-state index in [4.69, 9.17) is 41.2 Å². The quantitative estimate of drug-likeness (QED) is 0.00560. The average Bonchev–Trinajstić information content (AvgIpc) is 0.824. The van der Waals surface area contributed by atoms with E-state index >= 15 is 0 Å². The van der Waals surface area contributed by atoms with Gasteiger partial charge in [-0.3, -0.25) is 30.0 Å². The molecule has 6 aromatic carbocycles. The molecule has 16 N–H and O–H groups in total. The van der Waals surface area contributed by atoms with Crippen LogP contribution in [0.15, 0.2) is 121 Å². The second kappa shape index (κ2) is 46.0. The van der Waals surface area contributed by atoms with E-state index in [1.807, 2.05) is 33.2 Å². The Bertz CT molecular complexity index is 3760. The summed E-state index contributed by atoms with van der Waals surface area (Å²) in [7, 11) is 3.75. The molecule has 27 nitrogen and oxygen atoms in total. The molecule has 0 aliphatic rings. The van der Waals surface area contributed by atoms with Crippen molar-refractivity contribution in [2.45, 2.75) is 135 Å². The molecule has 0 heterocycles. The van der Waals surface area contributed by atoms with Gasteiger partial charge in [0.2, 0.25) is 23.6 Å². The first-order chi connectivity index (χ1) is 49.5. The zero-order chi connectivity index (χ0) is 74.9. The fourth-order valence-electron chi connectivity index (χ4n) is 10.5. The van der Waals surface area contributed by atoms with Gasteiger partial charge in [-0.2, -0.15) is 0 Å². The molecule has 103 heavy (non-hydrogen) atoms. The van der Waals surface area contributed by atoms with E-state index in [0.717, 1.165) is 60.3 Å². The number of amides is 6. The summed E-state index contributed by atoms with van der Waals surface area (Å²) in [6, 6.07) is 32.1. The van der Waals surface area contributed by atoms with Crippen LogP contribution in [-0.4, -0.2) is 154 Å². The van der Waals surface area contributed by atoms with Crippen LogP contribution in [-0.2, 0) is 28.8 Å². The van der Waals surface area contributed by atoms with Gasteiger partial charge in [-0.05, 0) is 217 Å². The van der Waals surface area contributed by atoms with Crippen LogP contribution >= 0.6 is 0 Å². The SMILES string of the molecule is CNCCCCC(C)C(=O)NC(CCCCNC(=O)CCCC(=O)NCCCOc1ccc(C(=O)Oc2ccc3cc(C(=N)N)ccc3c2)cc1)C(=O)O.CNCCCCC(C)C(=O)NC(CCCCNC(=O)NCCCOc1ccc(C(=O)Oc2ccc3cc(C(=N)N)ccc3c2)cc1)C(=O)O. The topological polar surface area (TPSA) is 427 Å². The first-order valence-corrected chi connectivity index (χ1v) is 35.1. The number of nitrogens with two attached hydrogens (primary N) is 2. The minimum atomic E-state index is -1.07. The first kappa shape index (κ1) is 83.0. The molecule has 6 aromatic rings. The highest BCUT2D eigenvalue weighted by atomic mass is 16.5. The van der Waals surface area contributed by atoms with Crippen molar-refractivity contribution in [3.05, 3.63) is 144 Å². The van der Waals surface area contributed by atoms with Crippen LogP contribution in [0.3, 0.4) is 0 Å². The highest BCUT2D eigenvalue weighted by Crippen LogP contribution is 2.26. The van der Waals surface area contributed by atoms with Gasteiger partial charge < -0.3 is 83.2 Å². The van der Waals surface area contributed by atoms with Crippen molar-refractivity contribution in [2.24, 2.45) is 23.3 Å². The molecule has 0 saturated carbocycles. The monoisotopic (exact) mass is 1420 g/mol. The highest BCUT2D eigenvalue weighted by molar-refractivity contribution is 6.01. The number of benzene rings is 6. The van der Waals surface area contributed by atoms with Crippen LogP contribution in [0, 0.1) is 22.7 Å². The number of carbonyl (C=O) groups is 9. The maximum absolute atomic E-state index is 12.7. The largest absolute Gasteiger partial charge is 0.494 e. The van der Waals surface area contributed by atoms with Crippen LogP contribution in [0.4, 0.5) is 4.79 Å². The van der Waals surface area contributed by atoms with E-state index in [-0.39, 0.29) is 78.9 Å². The normalized spacial score (nSPS) is 12.0. The number of nitrogens with one attached hydrogen (secondary N) is 10. The summed E-state index contributed by atoms with van der Waals surface area (Å²) in [4.78, 5) is 110. The van der Waals surface area contributed by atoms with Gasteiger partial charge in [-0.1, -0.05) is 63.1 Å². The molecule has 0 saturated heterocycles. The van der Waals surface area contributed by atoms with Gasteiger partial charge in [0.1, 0.15) is 46.8 Å². The number of hydrogen-bond acceptors (Lipinski definition) is 17. The third-order valence-corrected chi connectivity index (χ3v) is 16.6. The summed E-state index contributed by atoms with van der Waals surface area (Å²) in [6.45, 7) is 7.63. The molecule has 4 unspecified atom stereocenters. The van der Waals surface area contributed by atoms with E-state index in [1.54, 1.807) is 116 Å². The number of esters is 2. The summed E-state index contributed by atoms with van der Waals surface area (Å²) in [6.07, 6.45) is 9.79. The number of amidine groups is 2. The number of carbonyl (C=O) groups excluding carboxylic acids is 7. The molecular formula is C76H102N12O15. The molecule has 0 radical (unpaired) electrons. The Morgan fingerprint density at radius 3 is 1.12 bits per heavy atom. The predicted molar refractivity (Wildman–Crippen MR) is 395 cm³/mol. The Morgan fingerprint density at radius 1 is 0.398 bits per heavy atom. The summed E-state index contributed by atoms with van der Waals surface area (Å²) in [5, 5.41) is 60.1. The van der Waals surface area contributed by atoms with Gasteiger partial charge in [-0.25, -0.2) is 24.0 Å². The first-order valence-electron chi connectivity index (χ1n) is 35.1. The standard InChI is InChI=1S/C40H54N6O8.C36H48N6O7/c1-27(9-3-5-21-43-2)38(49)46-34(39(50)51)10-4-6-22-44-35(47)11-7-12-36(48)45-23-8-24-53-32-18-15-28(16-19-32)40(52)54-33-20-17-29-25-31(37(41)42)14-13-30(29)26-33;1-24(8-3-5-18-39-2)33(43)42-31(34(44)45)9-4-6-19-40-36(47)41-20-7-21-48-29-15-12-25(13-16-29)35(46)49-30-17-14-26-22-28(32(37)38)11-10-27(26)23-30/h13-20,25-27,34,43H,3-12,21-24H2,1-2H3,(H3,41,42)(H,44,47)(H,45,48)(H,46,49)(H,50,51);10-17,22-24,31,39H,3-9,18-21H2,1-2H3,(H3,37,38)(H,42,43)(H,44,45)(H2,40,41,47). The van der Waals surface area contributed by atoms with E-state index in [1.165, 1.54) is 0 Å². The molecule has 556 valence electrons. The maximum Gasteiger partial charge on any atom is 0.343 e. The molecule has 0 aromatic heterocycles. The highest BCUT2D eigenvalue weighted by Gasteiger charge is 2.24. The third-order valence-electron chi connectivity index (χ3n) is 16.6. The van der Waals surface area contributed by atoms with Crippen molar-refractivity contribution in [1.82, 2.24) is 42.5 Å². The maximum atomic E-state index is 12.7. The minimum absolute atomic E-state index is 0.0140. The summed E-state index contributed by atoms with van der Waals surface area (Å²) in [5.41, 5.74) is 13.1. The fraction of sp³-hybridized carbons (Fsp3) is 0.434. The van der Waals surface area contributed by atoms with Crippen molar-refractivity contribution in [3.63, 3.8) is 0 Å². The molecule has 27 heteroatoms. The van der Waals surface area contributed by atoms with Gasteiger partial charge in [0, 0.05) is 62.0 Å². The summed E-state index contributed by atoms with van der Waals surface area (Å²) < 4.78 is 22.5. The van der Waals surface area contributed by atoms with Crippen molar-refractivity contribution in [3.8, 4) is 23.0 Å². The van der Waals surface area contributed by atoms with Crippen LogP contribution < -0.4 is 72.9 Å². The van der Waals surface area contributed by atoms with Gasteiger partial charge in [0.25, 0.3) is 0 Å². The fourth-order valence-corrected chi connectivity index (χ4v) is 10.5. The molecule has 0 bridgehead atoms. The number of urea groups is 1. The number of aliphatic carboxylic acids is 2. The lowest BCUT2D eigenvalue weighted by Gasteiger charge is -2.18. The molecular weight excluding hydrogens is 1320 g/mol. The van der Waals surface area contributed by atoms with Crippen molar-refractivity contribution >= 4 is 86.8 Å². The van der Waals surface area contributed by atoms with E-state index in [0.29, 0.717) is 142 Å². The number of nitrogen functional groups attached to an aromatic ring is 2.